The van der Waals surface area contributed by atoms with E-state index < -0.39 is 0 Å². The molecule has 1 N–H and O–H groups in total. The summed E-state index contributed by atoms with van der Waals surface area (Å²) in [7, 11) is 0. The van der Waals surface area contributed by atoms with Crippen molar-refractivity contribution < 1.29 is 9.32 Å². The highest BCUT2D eigenvalue weighted by molar-refractivity contribution is 5.74. The first kappa shape index (κ1) is 16.4. The summed E-state index contributed by atoms with van der Waals surface area (Å²) in [5.41, 5.74) is 0.939. The molecule has 7 nitrogen and oxygen atoms in total. The fourth-order valence-electron chi connectivity index (χ4n) is 2.89. The first-order chi connectivity index (χ1) is 11.6. The Labute approximate surface area is 141 Å². The van der Waals surface area contributed by atoms with E-state index in [1.54, 1.807) is 6.20 Å². The lowest BCUT2D eigenvalue weighted by atomic mass is 9.99. The number of hydrogen-bond donors (Lipinski definition) is 1. The molecule has 128 valence electrons. The van der Waals surface area contributed by atoms with Gasteiger partial charge in [0.2, 0.25) is 5.89 Å². The molecule has 1 saturated heterocycles. The van der Waals surface area contributed by atoms with Crippen LogP contribution >= 0.6 is 0 Å². The lowest BCUT2D eigenvalue weighted by Gasteiger charge is -2.35. The van der Waals surface area contributed by atoms with Gasteiger partial charge < -0.3 is 14.7 Å². The lowest BCUT2D eigenvalue weighted by Crippen LogP contribution is -2.44. The summed E-state index contributed by atoms with van der Waals surface area (Å²) in [4.78, 5) is 23.1. The largest absolute Gasteiger partial charge is 0.339 e. The molecule has 3 rings (SSSR count). The first-order valence-electron chi connectivity index (χ1n) is 8.43. The molecule has 3 heterocycles. The van der Waals surface area contributed by atoms with Gasteiger partial charge in [-0.3, -0.25) is 4.98 Å². The normalized spacial score (nSPS) is 18.0. The summed E-state index contributed by atoms with van der Waals surface area (Å²) in [6.07, 6.45) is 4.82. The molecule has 2 amide bonds. The number of carbonyl (C=O) groups excluding carboxylic acids is 1. The molecule has 0 spiro atoms. The van der Waals surface area contributed by atoms with Crippen molar-refractivity contribution in [2.24, 2.45) is 0 Å². The number of nitrogens with one attached hydrogen (secondary N) is 1. The van der Waals surface area contributed by atoms with Crippen molar-refractivity contribution in [3.63, 3.8) is 0 Å². The van der Waals surface area contributed by atoms with Crippen molar-refractivity contribution in [2.75, 3.05) is 6.54 Å². The van der Waals surface area contributed by atoms with E-state index >= 15 is 0 Å². The Morgan fingerprint density at radius 3 is 3.00 bits per heavy atom. The monoisotopic (exact) mass is 329 g/mol. The van der Waals surface area contributed by atoms with Crippen LogP contribution in [0.25, 0.3) is 0 Å². The van der Waals surface area contributed by atoms with E-state index in [0.717, 1.165) is 31.5 Å². The average Bonchev–Trinajstić information content (AvgIpc) is 3.10. The highest BCUT2D eigenvalue weighted by Crippen LogP contribution is 2.29. The smallest absolute Gasteiger partial charge is 0.318 e. The van der Waals surface area contributed by atoms with Crippen molar-refractivity contribution in [1.29, 1.82) is 0 Å². The Morgan fingerprint density at radius 1 is 1.42 bits per heavy atom. The third kappa shape index (κ3) is 3.72. The fraction of sp³-hybridized carbons (Fsp3) is 0.529. The number of carbonyl (C=O) groups is 1. The molecule has 0 aliphatic carbocycles. The first-order valence-corrected chi connectivity index (χ1v) is 8.43. The van der Waals surface area contributed by atoms with Gasteiger partial charge in [0.05, 0.1) is 18.3 Å². The topological polar surface area (TPSA) is 84.2 Å². The maximum atomic E-state index is 12.6. The maximum absolute atomic E-state index is 12.6. The SMILES string of the molecule is CC(C)c1nc(CNC(=O)N2CCCC[C@H]2c2ccccn2)no1. The minimum atomic E-state index is -0.110. The zero-order chi connectivity index (χ0) is 16.9. The van der Waals surface area contributed by atoms with Gasteiger partial charge in [-0.1, -0.05) is 25.1 Å². The number of amides is 2. The van der Waals surface area contributed by atoms with Gasteiger partial charge in [-0.15, -0.1) is 0 Å². The molecular weight excluding hydrogens is 306 g/mol. The molecule has 2 aromatic heterocycles. The minimum Gasteiger partial charge on any atom is -0.339 e. The molecular formula is C17H23N5O2. The predicted molar refractivity (Wildman–Crippen MR) is 88.2 cm³/mol. The number of pyridine rings is 1. The summed E-state index contributed by atoms with van der Waals surface area (Å²) in [5.74, 6) is 1.26. The highest BCUT2D eigenvalue weighted by atomic mass is 16.5. The van der Waals surface area contributed by atoms with E-state index in [9.17, 15) is 4.79 Å². The zero-order valence-corrected chi connectivity index (χ0v) is 14.1. The number of hydrogen-bond acceptors (Lipinski definition) is 5. The molecule has 24 heavy (non-hydrogen) atoms. The summed E-state index contributed by atoms with van der Waals surface area (Å²) in [6, 6.07) is 5.74. The summed E-state index contributed by atoms with van der Waals surface area (Å²) in [5, 5.41) is 6.79. The predicted octanol–water partition coefficient (Wildman–Crippen LogP) is 3.02. The van der Waals surface area contributed by atoms with Gasteiger partial charge in [-0.05, 0) is 31.4 Å². The summed E-state index contributed by atoms with van der Waals surface area (Å²) >= 11 is 0. The molecule has 7 heteroatoms. The summed E-state index contributed by atoms with van der Waals surface area (Å²) < 4.78 is 5.16. The second-order valence-electron chi connectivity index (χ2n) is 6.32. The maximum Gasteiger partial charge on any atom is 0.318 e. The minimum absolute atomic E-state index is 0.0245. The van der Waals surface area contributed by atoms with Crippen molar-refractivity contribution in [3.8, 4) is 0 Å². The molecule has 1 aliphatic rings. The van der Waals surface area contributed by atoms with E-state index in [1.165, 1.54) is 0 Å². The van der Waals surface area contributed by atoms with Gasteiger partial charge in [0, 0.05) is 18.7 Å². The van der Waals surface area contributed by atoms with E-state index in [-0.39, 0.29) is 24.5 Å². The van der Waals surface area contributed by atoms with Crippen LogP contribution in [0.2, 0.25) is 0 Å². The van der Waals surface area contributed by atoms with Crippen LogP contribution in [-0.2, 0) is 6.54 Å². The van der Waals surface area contributed by atoms with Crippen LogP contribution in [-0.4, -0.2) is 32.6 Å². The molecule has 0 aromatic carbocycles. The molecule has 2 aromatic rings. The number of aromatic nitrogens is 3. The van der Waals surface area contributed by atoms with Gasteiger partial charge in [0.1, 0.15) is 0 Å². The second-order valence-corrected chi connectivity index (χ2v) is 6.32. The Bertz CT molecular complexity index is 671. The molecule has 1 aliphatic heterocycles. The van der Waals surface area contributed by atoms with Crippen LogP contribution in [0.15, 0.2) is 28.9 Å². The molecule has 0 radical (unpaired) electrons. The van der Waals surface area contributed by atoms with Gasteiger partial charge in [-0.2, -0.15) is 4.98 Å². The molecule has 0 saturated carbocycles. The zero-order valence-electron chi connectivity index (χ0n) is 14.1. The Hall–Kier alpha value is -2.44. The van der Waals surface area contributed by atoms with E-state index in [0.29, 0.717) is 11.7 Å². The number of piperidine rings is 1. The van der Waals surface area contributed by atoms with Gasteiger partial charge >= 0.3 is 6.03 Å². The van der Waals surface area contributed by atoms with Crippen molar-refractivity contribution in [2.45, 2.75) is 51.6 Å². The van der Waals surface area contributed by atoms with Crippen molar-refractivity contribution >= 4 is 6.03 Å². The molecule has 1 fully saturated rings. The quantitative estimate of drug-likeness (QED) is 0.932. The Balaban J connectivity index is 1.63. The van der Waals surface area contributed by atoms with Gasteiger partial charge in [-0.25, -0.2) is 4.79 Å². The third-order valence-corrected chi connectivity index (χ3v) is 4.17. The number of likely N-dealkylation sites (tertiary alicyclic amines) is 1. The van der Waals surface area contributed by atoms with Crippen molar-refractivity contribution in [1.82, 2.24) is 25.3 Å². The van der Waals surface area contributed by atoms with Crippen LogP contribution in [0.1, 0.15) is 62.5 Å². The molecule has 0 unspecified atom stereocenters. The van der Waals surface area contributed by atoms with Crippen LogP contribution < -0.4 is 5.32 Å². The van der Waals surface area contributed by atoms with Crippen LogP contribution in [0.4, 0.5) is 4.79 Å². The van der Waals surface area contributed by atoms with Crippen LogP contribution in [0.5, 0.6) is 0 Å². The summed E-state index contributed by atoms with van der Waals surface area (Å²) in [6.45, 7) is 4.97. The van der Waals surface area contributed by atoms with E-state index in [2.05, 4.69) is 20.4 Å². The molecule has 1 atom stereocenters. The van der Waals surface area contributed by atoms with Crippen LogP contribution in [0, 0.1) is 0 Å². The standard InChI is InChI=1S/C17H23N5O2/c1-12(2)16-20-15(21-24-16)11-19-17(23)22-10-6-4-8-14(22)13-7-3-5-9-18-13/h3,5,7,9,12,14H,4,6,8,10-11H2,1-2H3,(H,19,23)/t14-/m0/s1. The molecule has 0 bridgehead atoms. The number of nitrogens with zero attached hydrogens (tertiary/aromatic N) is 4. The van der Waals surface area contributed by atoms with Gasteiger partial charge in [0.25, 0.3) is 0 Å². The number of rotatable bonds is 4. The van der Waals surface area contributed by atoms with Crippen molar-refractivity contribution in [3.05, 3.63) is 41.8 Å². The average molecular weight is 329 g/mol. The second kappa shape index (κ2) is 7.42. The Morgan fingerprint density at radius 2 is 2.29 bits per heavy atom. The van der Waals surface area contributed by atoms with Gasteiger partial charge in [0.15, 0.2) is 5.82 Å². The third-order valence-electron chi connectivity index (χ3n) is 4.17. The highest BCUT2D eigenvalue weighted by Gasteiger charge is 2.28. The Kier molecular flexibility index (Phi) is 5.08. The van der Waals surface area contributed by atoms with Crippen LogP contribution in [0.3, 0.4) is 0 Å². The van der Waals surface area contributed by atoms with E-state index in [1.807, 2.05) is 36.9 Å². The lowest BCUT2D eigenvalue weighted by molar-refractivity contribution is 0.149. The van der Waals surface area contributed by atoms with E-state index in [4.69, 9.17) is 4.52 Å². The fourth-order valence-corrected chi connectivity index (χ4v) is 2.89. The number of urea groups is 1.